The second kappa shape index (κ2) is 4.19. The summed E-state index contributed by atoms with van der Waals surface area (Å²) in [5.74, 6) is 1.02. The Bertz CT molecular complexity index is 455. The quantitative estimate of drug-likeness (QED) is 0.885. The zero-order valence-corrected chi connectivity index (χ0v) is 10.4. The molecule has 0 bridgehead atoms. The lowest BCUT2D eigenvalue weighted by Crippen LogP contribution is -1.91. The Hall–Kier alpha value is -1.09. The van der Waals surface area contributed by atoms with Crippen molar-refractivity contribution in [2.45, 2.75) is 20.3 Å². The molecule has 0 saturated heterocycles. The lowest BCUT2D eigenvalue weighted by molar-refractivity contribution is 1.01. The maximum absolute atomic E-state index is 4.47. The smallest absolute Gasteiger partial charge is 0.111 e. The first-order valence-electron chi connectivity index (χ1n) is 4.92. The highest BCUT2D eigenvalue weighted by atomic mass is 79.9. The highest BCUT2D eigenvalue weighted by molar-refractivity contribution is 9.10. The van der Waals surface area contributed by atoms with Gasteiger partial charge in [0.25, 0.3) is 0 Å². The fraction of sp³-hybridized carbons (Fsp3) is 0.250. The lowest BCUT2D eigenvalue weighted by atomic mass is 10.1. The number of aromatic amines is 1. The molecule has 0 atom stereocenters. The number of aromatic nitrogens is 2. The minimum absolute atomic E-state index is 0.843. The Kier molecular flexibility index (Phi) is 2.91. The van der Waals surface area contributed by atoms with Crippen molar-refractivity contribution in [2.75, 3.05) is 0 Å². The lowest BCUT2D eigenvalue weighted by Gasteiger charge is -2.00. The molecule has 1 heterocycles. The minimum Gasteiger partial charge on any atom is -0.346 e. The van der Waals surface area contributed by atoms with Gasteiger partial charge in [-0.1, -0.05) is 34.1 Å². The molecule has 0 unspecified atom stereocenters. The first kappa shape index (κ1) is 10.4. The third kappa shape index (κ3) is 2.29. The summed E-state index contributed by atoms with van der Waals surface area (Å²) < 4.78 is 1.14. The van der Waals surface area contributed by atoms with Gasteiger partial charge in [0, 0.05) is 16.6 Å². The number of hydrogen-bond donors (Lipinski definition) is 1. The van der Waals surface area contributed by atoms with E-state index in [1.54, 1.807) is 0 Å². The molecular weight excluding hydrogens is 252 g/mol. The molecule has 0 amide bonds. The number of imidazole rings is 1. The van der Waals surface area contributed by atoms with Gasteiger partial charge in [0.15, 0.2) is 0 Å². The van der Waals surface area contributed by atoms with E-state index in [9.17, 15) is 0 Å². The third-order valence-electron chi connectivity index (χ3n) is 2.49. The number of benzene rings is 1. The standard InChI is InChI=1S/C12H13BrN2/c1-8-9(2)15-12(14-8)7-10-5-3-4-6-11(10)13/h3-6H,7H2,1-2H3,(H,14,15). The first-order chi connectivity index (χ1) is 7.16. The van der Waals surface area contributed by atoms with Crippen molar-refractivity contribution in [3.05, 3.63) is 51.5 Å². The molecule has 78 valence electrons. The van der Waals surface area contributed by atoms with Crippen LogP contribution in [-0.4, -0.2) is 9.97 Å². The summed E-state index contributed by atoms with van der Waals surface area (Å²) in [5, 5.41) is 0. The second-order valence-corrected chi connectivity index (χ2v) is 4.52. The van der Waals surface area contributed by atoms with Crippen LogP contribution >= 0.6 is 15.9 Å². The van der Waals surface area contributed by atoms with E-state index in [4.69, 9.17) is 0 Å². The summed E-state index contributed by atoms with van der Waals surface area (Å²) in [6.07, 6.45) is 0.843. The molecule has 2 rings (SSSR count). The van der Waals surface area contributed by atoms with Crippen LogP contribution in [0.15, 0.2) is 28.7 Å². The molecule has 0 aliphatic carbocycles. The molecule has 1 N–H and O–H groups in total. The summed E-state index contributed by atoms with van der Waals surface area (Å²) in [4.78, 5) is 7.76. The van der Waals surface area contributed by atoms with Gasteiger partial charge in [-0.2, -0.15) is 0 Å². The predicted molar refractivity (Wildman–Crippen MR) is 65.0 cm³/mol. The Morgan fingerprint density at radius 2 is 2.00 bits per heavy atom. The molecule has 1 aromatic heterocycles. The van der Waals surface area contributed by atoms with Crippen LogP contribution in [0.5, 0.6) is 0 Å². The van der Waals surface area contributed by atoms with E-state index in [2.05, 4.69) is 38.0 Å². The van der Waals surface area contributed by atoms with Crippen LogP contribution in [0.4, 0.5) is 0 Å². The Morgan fingerprint density at radius 1 is 1.27 bits per heavy atom. The number of nitrogens with one attached hydrogen (secondary N) is 1. The first-order valence-corrected chi connectivity index (χ1v) is 5.71. The van der Waals surface area contributed by atoms with Crippen LogP contribution in [0.1, 0.15) is 22.8 Å². The summed E-state index contributed by atoms with van der Waals surface area (Å²) >= 11 is 3.54. The molecular formula is C12H13BrN2. The Morgan fingerprint density at radius 3 is 2.60 bits per heavy atom. The molecule has 0 aliphatic rings. The topological polar surface area (TPSA) is 28.7 Å². The van der Waals surface area contributed by atoms with E-state index in [-0.39, 0.29) is 0 Å². The van der Waals surface area contributed by atoms with Crippen LogP contribution in [0, 0.1) is 13.8 Å². The van der Waals surface area contributed by atoms with Crippen molar-refractivity contribution in [2.24, 2.45) is 0 Å². The van der Waals surface area contributed by atoms with Crippen molar-refractivity contribution < 1.29 is 0 Å². The minimum atomic E-state index is 0.843. The summed E-state index contributed by atoms with van der Waals surface area (Å²) in [6.45, 7) is 4.07. The number of aryl methyl sites for hydroxylation is 2. The molecule has 3 heteroatoms. The summed E-state index contributed by atoms with van der Waals surface area (Å²) in [6, 6.07) is 8.23. The highest BCUT2D eigenvalue weighted by Gasteiger charge is 2.05. The average molecular weight is 265 g/mol. The molecule has 0 radical (unpaired) electrons. The van der Waals surface area contributed by atoms with Gasteiger partial charge in [-0.15, -0.1) is 0 Å². The van der Waals surface area contributed by atoms with E-state index in [0.29, 0.717) is 0 Å². The van der Waals surface area contributed by atoms with Gasteiger partial charge in [0.2, 0.25) is 0 Å². The van der Waals surface area contributed by atoms with Gasteiger partial charge in [-0.25, -0.2) is 4.98 Å². The van der Waals surface area contributed by atoms with Crippen LogP contribution in [0.3, 0.4) is 0 Å². The van der Waals surface area contributed by atoms with Gasteiger partial charge in [0.1, 0.15) is 5.82 Å². The van der Waals surface area contributed by atoms with Crippen molar-refractivity contribution in [1.29, 1.82) is 0 Å². The van der Waals surface area contributed by atoms with Crippen molar-refractivity contribution in [1.82, 2.24) is 9.97 Å². The monoisotopic (exact) mass is 264 g/mol. The van der Waals surface area contributed by atoms with E-state index in [1.165, 1.54) is 5.56 Å². The highest BCUT2D eigenvalue weighted by Crippen LogP contribution is 2.18. The summed E-state index contributed by atoms with van der Waals surface area (Å²) in [7, 11) is 0. The zero-order chi connectivity index (χ0) is 10.8. The maximum Gasteiger partial charge on any atom is 0.111 e. The number of hydrogen-bond acceptors (Lipinski definition) is 1. The molecule has 2 aromatic rings. The number of halogens is 1. The number of nitrogens with zero attached hydrogens (tertiary/aromatic N) is 1. The van der Waals surface area contributed by atoms with E-state index in [1.807, 2.05) is 26.0 Å². The van der Waals surface area contributed by atoms with Crippen LogP contribution in [0.25, 0.3) is 0 Å². The molecule has 0 aliphatic heterocycles. The molecule has 1 aromatic carbocycles. The van der Waals surface area contributed by atoms with Gasteiger partial charge in [-0.3, -0.25) is 0 Å². The van der Waals surface area contributed by atoms with Crippen molar-refractivity contribution in [3.63, 3.8) is 0 Å². The SMILES string of the molecule is Cc1nc(Cc2ccccc2Br)[nH]c1C. The zero-order valence-electron chi connectivity index (χ0n) is 8.84. The average Bonchev–Trinajstić information content (AvgIpc) is 2.50. The van der Waals surface area contributed by atoms with Crippen LogP contribution in [-0.2, 0) is 6.42 Å². The third-order valence-corrected chi connectivity index (χ3v) is 3.27. The van der Waals surface area contributed by atoms with Crippen molar-refractivity contribution in [3.8, 4) is 0 Å². The fourth-order valence-electron chi connectivity index (χ4n) is 1.53. The van der Waals surface area contributed by atoms with Crippen LogP contribution < -0.4 is 0 Å². The Labute approximate surface area is 97.9 Å². The Balaban J connectivity index is 2.26. The second-order valence-electron chi connectivity index (χ2n) is 3.66. The molecule has 15 heavy (non-hydrogen) atoms. The van der Waals surface area contributed by atoms with E-state index in [0.717, 1.165) is 28.1 Å². The van der Waals surface area contributed by atoms with Crippen LogP contribution in [0.2, 0.25) is 0 Å². The van der Waals surface area contributed by atoms with E-state index >= 15 is 0 Å². The van der Waals surface area contributed by atoms with Gasteiger partial charge >= 0.3 is 0 Å². The largest absolute Gasteiger partial charge is 0.346 e. The number of H-pyrrole nitrogens is 1. The predicted octanol–water partition coefficient (Wildman–Crippen LogP) is 3.38. The molecule has 0 fully saturated rings. The summed E-state index contributed by atoms with van der Waals surface area (Å²) in [5.41, 5.74) is 3.49. The van der Waals surface area contributed by atoms with Gasteiger partial charge in [-0.05, 0) is 25.5 Å². The maximum atomic E-state index is 4.47. The van der Waals surface area contributed by atoms with Crippen molar-refractivity contribution >= 4 is 15.9 Å². The van der Waals surface area contributed by atoms with Gasteiger partial charge < -0.3 is 4.98 Å². The molecule has 0 saturated carbocycles. The molecule has 2 nitrogen and oxygen atoms in total. The number of rotatable bonds is 2. The van der Waals surface area contributed by atoms with Gasteiger partial charge in [0.05, 0.1) is 5.69 Å². The van der Waals surface area contributed by atoms with E-state index < -0.39 is 0 Å². The fourth-order valence-corrected chi connectivity index (χ4v) is 1.95. The normalized spacial score (nSPS) is 10.6. The molecule has 0 spiro atoms.